The van der Waals surface area contributed by atoms with Crippen molar-refractivity contribution in [3.8, 4) is 0 Å². The summed E-state index contributed by atoms with van der Waals surface area (Å²) in [5.41, 5.74) is 7.42. The third-order valence-corrected chi connectivity index (χ3v) is 3.42. The number of rotatable bonds is 5. The molecule has 1 aromatic carbocycles. The lowest BCUT2D eigenvalue weighted by molar-refractivity contribution is 0.524. The van der Waals surface area contributed by atoms with Gasteiger partial charge in [0.25, 0.3) is 0 Å². The van der Waals surface area contributed by atoms with Crippen LogP contribution in [-0.2, 0) is 5.41 Å². The van der Waals surface area contributed by atoms with Gasteiger partial charge in [-0.25, -0.2) is 0 Å². The first-order valence-corrected chi connectivity index (χ1v) is 6.46. The van der Waals surface area contributed by atoms with Crippen molar-refractivity contribution in [3.05, 3.63) is 35.9 Å². The Labute approximate surface area is 105 Å². The summed E-state index contributed by atoms with van der Waals surface area (Å²) in [5, 5.41) is 0. The van der Waals surface area contributed by atoms with Crippen LogP contribution in [0, 0.1) is 0 Å². The van der Waals surface area contributed by atoms with E-state index in [4.69, 9.17) is 5.73 Å². The van der Waals surface area contributed by atoms with Crippen molar-refractivity contribution < 1.29 is 0 Å². The van der Waals surface area contributed by atoms with Crippen LogP contribution in [0.1, 0.15) is 46.1 Å². The van der Waals surface area contributed by atoms with Crippen LogP contribution in [-0.4, -0.2) is 11.9 Å². The molecule has 0 atom stereocenters. The molecule has 0 heterocycles. The van der Waals surface area contributed by atoms with Crippen LogP contribution in [0.15, 0.2) is 35.3 Å². The van der Waals surface area contributed by atoms with Crippen LogP contribution in [0.2, 0.25) is 0 Å². The molecule has 0 unspecified atom stereocenters. The Hall–Kier alpha value is -1.31. The van der Waals surface area contributed by atoms with Gasteiger partial charge in [0, 0.05) is 6.04 Å². The van der Waals surface area contributed by atoms with Crippen molar-refractivity contribution in [3.63, 3.8) is 0 Å². The van der Waals surface area contributed by atoms with E-state index in [9.17, 15) is 0 Å². The van der Waals surface area contributed by atoms with E-state index in [2.05, 4.69) is 57.0 Å². The average Bonchev–Trinajstić information content (AvgIpc) is 2.32. The lowest BCUT2D eigenvalue weighted by Crippen LogP contribution is -2.41. The van der Waals surface area contributed by atoms with Gasteiger partial charge in [0.2, 0.25) is 0 Å². The molecule has 0 fully saturated rings. The monoisotopic (exact) mass is 232 g/mol. The second-order valence-corrected chi connectivity index (χ2v) is 4.76. The van der Waals surface area contributed by atoms with Gasteiger partial charge in [0.15, 0.2) is 0 Å². The van der Waals surface area contributed by atoms with Gasteiger partial charge in [0.1, 0.15) is 5.84 Å². The molecule has 0 aromatic heterocycles. The third-order valence-electron chi connectivity index (χ3n) is 3.42. The van der Waals surface area contributed by atoms with Crippen molar-refractivity contribution in [1.82, 2.24) is 0 Å². The highest BCUT2D eigenvalue weighted by molar-refractivity contribution is 5.91. The molecule has 1 aromatic rings. The van der Waals surface area contributed by atoms with E-state index >= 15 is 0 Å². The fourth-order valence-electron chi connectivity index (χ4n) is 2.33. The van der Waals surface area contributed by atoms with Crippen molar-refractivity contribution >= 4 is 5.84 Å². The topological polar surface area (TPSA) is 38.4 Å². The Bertz CT molecular complexity index is 362. The lowest BCUT2D eigenvalue weighted by atomic mass is 9.75. The zero-order valence-electron chi connectivity index (χ0n) is 11.4. The number of aliphatic imine (C=N–C) groups is 1. The molecule has 2 heteroatoms. The van der Waals surface area contributed by atoms with E-state index in [0.29, 0.717) is 0 Å². The summed E-state index contributed by atoms with van der Waals surface area (Å²) in [6.45, 7) is 8.49. The van der Waals surface area contributed by atoms with Gasteiger partial charge in [-0.1, -0.05) is 44.2 Å². The van der Waals surface area contributed by atoms with Crippen molar-refractivity contribution in [2.75, 3.05) is 0 Å². The highest BCUT2D eigenvalue weighted by atomic mass is 14.9. The molecule has 0 radical (unpaired) electrons. The van der Waals surface area contributed by atoms with Crippen molar-refractivity contribution in [1.29, 1.82) is 0 Å². The average molecular weight is 232 g/mol. The van der Waals surface area contributed by atoms with Crippen LogP contribution in [0.25, 0.3) is 0 Å². The molecule has 0 aliphatic heterocycles. The first-order valence-electron chi connectivity index (χ1n) is 6.46. The molecule has 0 bridgehead atoms. The van der Waals surface area contributed by atoms with E-state index in [1.807, 2.05) is 6.07 Å². The minimum atomic E-state index is -0.106. The van der Waals surface area contributed by atoms with Crippen LogP contribution >= 0.6 is 0 Å². The Balaban J connectivity index is 3.23. The summed E-state index contributed by atoms with van der Waals surface area (Å²) < 4.78 is 0. The van der Waals surface area contributed by atoms with E-state index in [0.717, 1.165) is 18.7 Å². The quantitative estimate of drug-likeness (QED) is 0.612. The molecule has 0 saturated heterocycles. The van der Waals surface area contributed by atoms with Crippen molar-refractivity contribution in [2.24, 2.45) is 10.7 Å². The summed E-state index contributed by atoms with van der Waals surface area (Å²) in [6.07, 6.45) is 1.96. The SMILES string of the molecule is CCC(CC)(C(N)=NC(C)C)c1ccccc1. The van der Waals surface area contributed by atoms with Gasteiger partial charge in [-0.2, -0.15) is 0 Å². The fourth-order valence-corrected chi connectivity index (χ4v) is 2.33. The Morgan fingerprint density at radius 2 is 1.71 bits per heavy atom. The summed E-state index contributed by atoms with van der Waals surface area (Å²) in [6, 6.07) is 10.7. The smallest absolute Gasteiger partial charge is 0.105 e. The molecular weight excluding hydrogens is 208 g/mol. The summed E-state index contributed by atoms with van der Waals surface area (Å²) >= 11 is 0. The number of nitrogens with two attached hydrogens (primary N) is 1. The summed E-state index contributed by atoms with van der Waals surface area (Å²) in [5.74, 6) is 0.767. The van der Waals surface area contributed by atoms with E-state index < -0.39 is 0 Å². The Morgan fingerprint density at radius 1 is 1.18 bits per heavy atom. The number of benzene rings is 1. The molecule has 1 rings (SSSR count). The van der Waals surface area contributed by atoms with Gasteiger partial charge >= 0.3 is 0 Å². The molecule has 2 nitrogen and oxygen atoms in total. The van der Waals surface area contributed by atoms with Gasteiger partial charge in [-0.05, 0) is 32.3 Å². The van der Waals surface area contributed by atoms with Crippen LogP contribution < -0.4 is 5.73 Å². The van der Waals surface area contributed by atoms with Gasteiger partial charge in [-0.3, -0.25) is 4.99 Å². The fraction of sp³-hybridized carbons (Fsp3) is 0.533. The van der Waals surface area contributed by atoms with Crippen LogP contribution in [0.5, 0.6) is 0 Å². The number of hydrogen-bond donors (Lipinski definition) is 1. The Kier molecular flexibility index (Phi) is 4.73. The lowest BCUT2D eigenvalue weighted by Gasteiger charge is -2.32. The second kappa shape index (κ2) is 5.85. The predicted molar refractivity (Wildman–Crippen MR) is 75.5 cm³/mol. The maximum atomic E-state index is 6.26. The molecular formula is C15H24N2. The molecule has 94 valence electrons. The van der Waals surface area contributed by atoms with E-state index in [1.54, 1.807) is 0 Å². The molecule has 0 spiro atoms. The standard InChI is InChI=1S/C15H24N2/c1-5-15(6-2,14(16)17-12(3)4)13-10-8-7-9-11-13/h7-12H,5-6H2,1-4H3,(H2,16,17). The Morgan fingerprint density at radius 3 is 2.12 bits per heavy atom. The molecule has 2 N–H and O–H groups in total. The van der Waals surface area contributed by atoms with Crippen molar-refractivity contribution in [2.45, 2.75) is 52.0 Å². The van der Waals surface area contributed by atoms with Crippen LogP contribution in [0.3, 0.4) is 0 Å². The van der Waals surface area contributed by atoms with E-state index in [-0.39, 0.29) is 11.5 Å². The first-order chi connectivity index (χ1) is 8.06. The summed E-state index contributed by atoms with van der Waals surface area (Å²) in [7, 11) is 0. The molecule has 0 amide bonds. The molecule has 0 saturated carbocycles. The number of hydrogen-bond acceptors (Lipinski definition) is 1. The highest BCUT2D eigenvalue weighted by Crippen LogP contribution is 2.32. The minimum absolute atomic E-state index is 0.106. The third kappa shape index (κ3) is 2.87. The first kappa shape index (κ1) is 13.8. The normalized spacial score (nSPS) is 13.1. The number of amidine groups is 1. The number of nitrogens with zero attached hydrogens (tertiary/aromatic N) is 1. The molecule has 0 aliphatic rings. The van der Waals surface area contributed by atoms with Gasteiger partial charge < -0.3 is 5.73 Å². The predicted octanol–water partition coefficient (Wildman–Crippen LogP) is 3.51. The second-order valence-electron chi connectivity index (χ2n) is 4.76. The highest BCUT2D eigenvalue weighted by Gasteiger charge is 2.32. The largest absolute Gasteiger partial charge is 0.387 e. The zero-order chi connectivity index (χ0) is 12.9. The summed E-state index contributed by atoms with van der Waals surface area (Å²) in [4.78, 5) is 4.56. The maximum absolute atomic E-state index is 6.26. The maximum Gasteiger partial charge on any atom is 0.105 e. The minimum Gasteiger partial charge on any atom is -0.387 e. The zero-order valence-corrected chi connectivity index (χ0v) is 11.4. The molecule has 17 heavy (non-hydrogen) atoms. The van der Waals surface area contributed by atoms with Gasteiger partial charge in [0.05, 0.1) is 5.41 Å². The van der Waals surface area contributed by atoms with Gasteiger partial charge in [-0.15, -0.1) is 0 Å². The molecule has 0 aliphatic carbocycles. The van der Waals surface area contributed by atoms with Crippen LogP contribution in [0.4, 0.5) is 0 Å². The van der Waals surface area contributed by atoms with E-state index in [1.165, 1.54) is 5.56 Å².